The number of benzene rings is 1. The third-order valence-corrected chi connectivity index (χ3v) is 4.29. The first-order valence-electron chi connectivity index (χ1n) is 7.85. The molecule has 0 spiro atoms. The van der Waals surface area contributed by atoms with Gasteiger partial charge in [-0.25, -0.2) is 0 Å². The molecule has 1 saturated heterocycles. The summed E-state index contributed by atoms with van der Waals surface area (Å²) in [5.74, 6) is 0.488. The van der Waals surface area contributed by atoms with Crippen molar-refractivity contribution in [2.24, 2.45) is 10.7 Å². The normalized spacial score (nSPS) is 18.0. The molecular formula is C18H27N3O. The summed E-state index contributed by atoms with van der Waals surface area (Å²) in [5.41, 5.74) is 9.73. The molecule has 120 valence electrons. The Labute approximate surface area is 133 Å². The van der Waals surface area contributed by atoms with E-state index in [-0.39, 0.29) is 5.41 Å². The predicted octanol–water partition coefficient (Wildman–Crippen LogP) is 2.52. The Bertz CT molecular complexity index is 545. The molecule has 0 bridgehead atoms. The summed E-state index contributed by atoms with van der Waals surface area (Å²) in [6.07, 6.45) is 1.96. The molecule has 1 aromatic rings. The number of hydrogen-bond donors (Lipinski definition) is 2. The number of nitrogens with one attached hydrogen (secondary N) is 1. The van der Waals surface area contributed by atoms with Gasteiger partial charge in [-0.05, 0) is 37.8 Å². The average molecular weight is 301 g/mol. The summed E-state index contributed by atoms with van der Waals surface area (Å²) in [7, 11) is 0. The highest BCUT2D eigenvalue weighted by Crippen LogP contribution is 2.36. The van der Waals surface area contributed by atoms with Crippen molar-refractivity contribution < 1.29 is 4.74 Å². The van der Waals surface area contributed by atoms with Crippen molar-refractivity contribution in [1.82, 2.24) is 5.32 Å². The van der Waals surface area contributed by atoms with Gasteiger partial charge in [0.25, 0.3) is 0 Å². The van der Waals surface area contributed by atoms with Crippen molar-refractivity contribution >= 4 is 5.96 Å². The van der Waals surface area contributed by atoms with Crippen LogP contribution in [0.15, 0.2) is 41.4 Å². The number of aliphatic imine (C=N–C) groups is 1. The van der Waals surface area contributed by atoms with Gasteiger partial charge in [-0.15, -0.1) is 0 Å². The Kier molecular flexibility index (Phi) is 5.61. The fraction of sp³-hybridized carbons (Fsp3) is 0.500. The van der Waals surface area contributed by atoms with Crippen LogP contribution in [0.3, 0.4) is 0 Å². The van der Waals surface area contributed by atoms with Crippen LogP contribution in [0.4, 0.5) is 0 Å². The molecule has 1 aliphatic heterocycles. The Balaban J connectivity index is 2.18. The zero-order chi connectivity index (χ0) is 16.0. The lowest BCUT2D eigenvalue weighted by Gasteiger charge is -2.37. The van der Waals surface area contributed by atoms with Crippen LogP contribution in [0.5, 0.6) is 0 Å². The van der Waals surface area contributed by atoms with Gasteiger partial charge in [0.15, 0.2) is 5.96 Å². The average Bonchev–Trinajstić information content (AvgIpc) is 2.52. The van der Waals surface area contributed by atoms with Gasteiger partial charge < -0.3 is 15.8 Å². The van der Waals surface area contributed by atoms with Crippen LogP contribution < -0.4 is 11.1 Å². The molecule has 0 aromatic heterocycles. The van der Waals surface area contributed by atoms with Crippen molar-refractivity contribution in [3.05, 3.63) is 47.5 Å². The molecule has 3 N–H and O–H groups in total. The van der Waals surface area contributed by atoms with Crippen molar-refractivity contribution in [1.29, 1.82) is 0 Å². The lowest BCUT2D eigenvalue weighted by atomic mass is 9.72. The molecule has 0 aliphatic carbocycles. The van der Waals surface area contributed by atoms with Gasteiger partial charge in [0.1, 0.15) is 0 Å². The van der Waals surface area contributed by atoms with E-state index in [1.165, 1.54) is 11.1 Å². The summed E-state index contributed by atoms with van der Waals surface area (Å²) in [4.78, 5) is 4.60. The SMILES string of the molecule is C=C(C)CNC(N)=NCC1(c2ccccc2C)CCOCC1. The standard InChI is InChI=1S/C18H27N3O/c1-14(2)12-20-17(19)21-13-18(8-10-22-11-9-18)16-7-5-4-6-15(16)3/h4-7H,1,8-13H2,2-3H3,(H3,19,20,21). The highest BCUT2D eigenvalue weighted by molar-refractivity contribution is 5.78. The Morgan fingerprint density at radius 2 is 2.05 bits per heavy atom. The first-order chi connectivity index (χ1) is 10.5. The number of rotatable bonds is 5. The number of nitrogens with zero attached hydrogens (tertiary/aromatic N) is 1. The van der Waals surface area contributed by atoms with Crippen LogP contribution in [0.2, 0.25) is 0 Å². The Morgan fingerprint density at radius 1 is 1.36 bits per heavy atom. The summed E-state index contributed by atoms with van der Waals surface area (Å²) in [6.45, 7) is 10.9. The number of nitrogens with two attached hydrogens (primary N) is 1. The summed E-state index contributed by atoms with van der Waals surface area (Å²) in [5, 5.41) is 3.10. The molecule has 1 aliphatic rings. The van der Waals surface area contributed by atoms with E-state index >= 15 is 0 Å². The maximum atomic E-state index is 5.98. The van der Waals surface area contributed by atoms with E-state index in [2.05, 4.69) is 48.1 Å². The van der Waals surface area contributed by atoms with E-state index in [0.29, 0.717) is 19.0 Å². The minimum Gasteiger partial charge on any atom is -0.381 e. The molecule has 0 unspecified atom stereocenters. The molecule has 2 rings (SSSR count). The lowest BCUT2D eigenvalue weighted by Crippen LogP contribution is -2.40. The van der Waals surface area contributed by atoms with Gasteiger partial charge in [-0.1, -0.05) is 36.4 Å². The monoisotopic (exact) mass is 301 g/mol. The van der Waals surface area contributed by atoms with Gasteiger partial charge in [0, 0.05) is 25.2 Å². The van der Waals surface area contributed by atoms with Crippen molar-refractivity contribution in [3.63, 3.8) is 0 Å². The van der Waals surface area contributed by atoms with Crippen molar-refractivity contribution in [3.8, 4) is 0 Å². The minimum absolute atomic E-state index is 0.0269. The van der Waals surface area contributed by atoms with Crippen LogP contribution in [0.1, 0.15) is 30.9 Å². The first kappa shape index (κ1) is 16.6. The van der Waals surface area contributed by atoms with Gasteiger partial charge in [0.2, 0.25) is 0 Å². The zero-order valence-corrected chi connectivity index (χ0v) is 13.7. The molecule has 4 heteroatoms. The van der Waals surface area contributed by atoms with Crippen molar-refractivity contribution in [2.75, 3.05) is 26.3 Å². The second-order valence-corrected chi connectivity index (χ2v) is 6.22. The van der Waals surface area contributed by atoms with Gasteiger partial charge in [-0.3, -0.25) is 4.99 Å². The minimum atomic E-state index is 0.0269. The quantitative estimate of drug-likeness (QED) is 0.499. The van der Waals surface area contributed by atoms with E-state index in [1.807, 2.05) is 6.92 Å². The van der Waals surface area contributed by atoms with Crippen LogP contribution in [-0.4, -0.2) is 32.3 Å². The molecule has 1 aromatic carbocycles. The smallest absolute Gasteiger partial charge is 0.188 e. The molecule has 0 atom stereocenters. The number of ether oxygens (including phenoxy) is 1. The zero-order valence-electron chi connectivity index (χ0n) is 13.7. The van der Waals surface area contributed by atoms with Crippen LogP contribution in [0, 0.1) is 6.92 Å². The second kappa shape index (κ2) is 7.45. The molecule has 1 fully saturated rings. The fourth-order valence-electron chi connectivity index (χ4n) is 2.98. The summed E-state index contributed by atoms with van der Waals surface area (Å²) >= 11 is 0. The van der Waals surface area contributed by atoms with E-state index < -0.39 is 0 Å². The van der Waals surface area contributed by atoms with Gasteiger partial charge in [-0.2, -0.15) is 0 Å². The van der Waals surface area contributed by atoms with E-state index in [0.717, 1.165) is 31.6 Å². The Hall–Kier alpha value is -1.81. The molecule has 0 radical (unpaired) electrons. The maximum absolute atomic E-state index is 5.98. The molecule has 0 saturated carbocycles. The van der Waals surface area contributed by atoms with Gasteiger partial charge in [0.05, 0.1) is 6.54 Å². The highest BCUT2D eigenvalue weighted by Gasteiger charge is 2.35. The predicted molar refractivity (Wildman–Crippen MR) is 92.2 cm³/mol. The topological polar surface area (TPSA) is 59.6 Å². The molecule has 4 nitrogen and oxygen atoms in total. The molecule has 0 amide bonds. The number of hydrogen-bond acceptors (Lipinski definition) is 2. The fourth-order valence-corrected chi connectivity index (χ4v) is 2.98. The van der Waals surface area contributed by atoms with E-state index in [9.17, 15) is 0 Å². The Morgan fingerprint density at radius 3 is 2.68 bits per heavy atom. The molecular weight excluding hydrogens is 274 g/mol. The lowest BCUT2D eigenvalue weighted by molar-refractivity contribution is 0.0529. The summed E-state index contributed by atoms with van der Waals surface area (Å²) in [6, 6.07) is 8.57. The molecule has 22 heavy (non-hydrogen) atoms. The number of guanidine groups is 1. The van der Waals surface area contributed by atoms with Crippen LogP contribution in [-0.2, 0) is 10.2 Å². The maximum Gasteiger partial charge on any atom is 0.188 e. The second-order valence-electron chi connectivity index (χ2n) is 6.22. The number of aryl methyl sites for hydroxylation is 1. The van der Waals surface area contributed by atoms with Gasteiger partial charge >= 0.3 is 0 Å². The molecule has 1 heterocycles. The highest BCUT2D eigenvalue weighted by atomic mass is 16.5. The largest absolute Gasteiger partial charge is 0.381 e. The van der Waals surface area contributed by atoms with Crippen LogP contribution in [0.25, 0.3) is 0 Å². The summed E-state index contributed by atoms with van der Waals surface area (Å²) < 4.78 is 5.56. The third-order valence-electron chi connectivity index (χ3n) is 4.29. The van der Waals surface area contributed by atoms with E-state index in [4.69, 9.17) is 10.5 Å². The van der Waals surface area contributed by atoms with E-state index in [1.54, 1.807) is 0 Å². The van der Waals surface area contributed by atoms with Crippen molar-refractivity contribution in [2.45, 2.75) is 32.1 Å². The third kappa shape index (κ3) is 4.10. The first-order valence-corrected chi connectivity index (χ1v) is 7.85. The van der Waals surface area contributed by atoms with Crippen LogP contribution >= 0.6 is 0 Å².